The second kappa shape index (κ2) is 5.11. The molecule has 0 spiro atoms. The van der Waals surface area contributed by atoms with Gasteiger partial charge in [-0.1, -0.05) is 0 Å². The molecular formula is C10H17NO4. The lowest BCUT2D eigenvalue weighted by molar-refractivity contribution is -0.170. The summed E-state index contributed by atoms with van der Waals surface area (Å²) in [5, 5.41) is 3.17. The van der Waals surface area contributed by atoms with Crippen LogP contribution in [0.4, 0.5) is 0 Å². The maximum absolute atomic E-state index is 10.9. The van der Waals surface area contributed by atoms with E-state index < -0.39 is 0 Å². The van der Waals surface area contributed by atoms with E-state index in [1.165, 1.54) is 13.8 Å². The molecule has 86 valence electrons. The normalized spacial score (nSPS) is 30.7. The van der Waals surface area contributed by atoms with Gasteiger partial charge in [-0.3, -0.25) is 9.59 Å². The molecule has 1 heterocycles. The minimum absolute atomic E-state index is 0.00648. The van der Waals surface area contributed by atoms with Gasteiger partial charge in [0.2, 0.25) is 0 Å². The molecular weight excluding hydrogens is 198 g/mol. The second-order valence-corrected chi connectivity index (χ2v) is 3.75. The molecule has 5 nitrogen and oxygen atoms in total. The molecule has 3 atom stereocenters. The minimum atomic E-state index is -0.389. The van der Waals surface area contributed by atoms with Crippen LogP contribution in [0.25, 0.3) is 0 Å². The number of nitrogens with one attached hydrogen (secondary N) is 1. The number of ether oxygens (including phenoxy) is 2. The van der Waals surface area contributed by atoms with E-state index in [4.69, 9.17) is 9.47 Å². The molecule has 0 saturated carbocycles. The number of carbonyl (C=O) groups is 2. The summed E-state index contributed by atoms with van der Waals surface area (Å²) in [6.45, 7) is 5.38. The summed E-state index contributed by atoms with van der Waals surface area (Å²) in [5.74, 6) is -0.695. The molecule has 0 amide bonds. The van der Waals surface area contributed by atoms with Gasteiger partial charge in [-0.05, 0) is 13.5 Å². The third kappa shape index (κ3) is 3.51. The van der Waals surface area contributed by atoms with Crippen LogP contribution in [0, 0.1) is 0 Å². The maximum Gasteiger partial charge on any atom is 0.303 e. The number of rotatable bonds is 2. The fraction of sp³-hybridized carbons (Fsp3) is 0.800. The Hall–Kier alpha value is -1.10. The first-order valence-electron chi connectivity index (χ1n) is 5.08. The third-order valence-electron chi connectivity index (χ3n) is 2.37. The molecule has 1 rings (SSSR count). The molecule has 0 bridgehead atoms. The third-order valence-corrected chi connectivity index (χ3v) is 2.37. The zero-order chi connectivity index (χ0) is 11.4. The minimum Gasteiger partial charge on any atom is -0.458 e. The summed E-state index contributed by atoms with van der Waals surface area (Å²) in [4.78, 5) is 21.8. The Morgan fingerprint density at radius 2 is 1.80 bits per heavy atom. The highest BCUT2D eigenvalue weighted by Crippen LogP contribution is 2.17. The molecule has 0 aromatic carbocycles. The molecule has 15 heavy (non-hydrogen) atoms. The van der Waals surface area contributed by atoms with Gasteiger partial charge in [-0.25, -0.2) is 0 Å². The van der Waals surface area contributed by atoms with Gasteiger partial charge < -0.3 is 14.8 Å². The van der Waals surface area contributed by atoms with Gasteiger partial charge in [-0.2, -0.15) is 0 Å². The van der Waals surface area contributed by atoms with Crippen molar-refractivity contribution in [3.05, 3.63) is 0 Å². The van der Waals surface area contributed by atoms with E-state index in [9.17, 15) is 9.59 Å². The van der Waals surface area contributed by atoms with Gasteiger partial charge in [0.25, 0.3) is 0 Å². The Morgan fingerprint density at radius 3 is 2.33 bits per heavy atom. The van der Waals surface area contributed by atoms with Crippen LogP contribution in [0.2, 0.25) is 0 Å². The van der Waals surface area contributed by atoms with Gasteiger partial charge in [0.15, 0.2) is 6.10 Å². The van der Waals surface area contributed by atoms with Crippen molar-refractivity contribution in [2.75, 3.05) is 6.54 Å². The first kappa shape index (κ1) is 12.0. The SMILES string of the molecule is CC(=O)O[C@H]1[C@@H](OC(C)=O)CCN[C@@H]1C. The Labute approximate surface area is 89.1 Å². The van der Waals surface area contributed by atoms with Crippen LogP contribution in [0.1, 0.15) is 27.2 Å². The Morgan fingerprint density at radius 1 is 1.20 bits per heavy atom. The van der Waals surface area contributed by atoms with Crippen LogP contribution in [0.3, 0.4) is 0 Å². The summed E-state index contributed by atoms with van der Waals surface area (Å²) in [6, 6.07) is 0.00648. The molecule has 1 aliphatic rings. The van der Waals surface area contributed by atoms with Crippen molar-refractivity contribution in [2.45, 2.75) is 45.4 Å². The fourth-order valence-electron chi connectivity index (χ4n) is 1.76. The van der Waals surface area contributed by atoms with Crippen molar-refractivity contribution in [2.24, 2.45) is 0 Å². The van der Waals surface area contributed by atoms with Crippen LogP contribution in [-0.4, -0.2) is 36.7 Å². The number of carbonyl (C=O) groups excluding carboxylic acids is 2. The van der Waals surface area contributed by atoms with Crippen molar-refractivity contribution < 1.29 is 19.1 Å². The summed E-state index contributed by atoms with van der Waals surface area (Å²) >= 11 is 0. The molecule has 1 aliphatic heterocycles. The van der Waals surface area contributed by atoms with Crippen molar-refractivity contribution in [3.8, 4) is 0 Å². The molecule has 5 heteroatoms. The predicted octanol–water partition coefficient (Wildman–Crippen LogP) is 0.232. The molecule has 1 saturated heterocycles. The first-order valence-corrected chi connectivity index (χ1v) is 5.08. The molecule has 0 aromatic heterocycles. The Kier molecular flexibility index (Phi) is 4.08. The molecule has 1 fully saturated rings. The predicted molar refractivity (Wildman–Crippen MR) is 53.2 cm³/mol. The van der Waals surface area contributed by atoms with E-state index in [1.54, 1.807) is 0 Å². The van der Waals surface area contributed by atoms with E-state index in [0.717, 1.165) is 6.54 Å². The monoisotopic (exact) mass is 215 g/mol. The first-order chi connectivity index (χ1) is 7.00. The molecule has 0 radical (unpaired) electrons. The Bertz CT molecular complexity index is 254. The summed E-state index contributed by atoms with van der Waals surface area (Å²) < 4.78 is 10.3. The second-order valence-electron chi connectivity index (χ2n) is 3.75. The van der Waals surface area contributed by atoms with E-state index in [-0.39, 0.29) is 30.2 Å². The summed E-state index contributed by atoms with van der Waals surface area (Å²) in [6.07, 6.45) is -0.0511. The van der Waals surface area contributed by atoms with Crippen molar-refractivity contribution in [1.29, 1.82) is 0 Å². The average Bonchev–Trinajstić information content (AvgIpc) is 2.09. The largest absolute Gasteiger partial charge is 0.458 e. The van der Waals surface area contributed by atoms with Crippen LogP contribution < -0.4 is 5.32 Å². The van der Waals surface area contributed by atoms with Gasteiger partial charge >= 0.3 is 11.9 Å². The fourth-order valence-corrected chi connectivity index (χ4v) is 1.76. The molecule has 0 aromatic rings. The van der Waals surface area contributed by atoms with E-state index in [1.807, 2.05) is 6.92 Å². The Balaban J connectivity index is 2.63. The van der Waals surface area contributed by atoms with E-state index in [0.29, 0.717) is 6.42 Å². The number of hydrogen-bond donors (Lipinski definition) is 1. The van der Waals surface area contributed by atoms with E-state index >= 15 is 0 Å². The average molecular weight is 215 g/mol. The molecule has 1 N–H and O–H groups in total. The lowest BCUT2D eigenvalue weighted by Gasteiger charge is -2.35. The lowest BCUT2D eigenvalue weighted by Crippen LogP contribution is -2.53. The zero-order valence-corrected chi connectivity index (χ0v) is 9.28. The van der Waals surface area contributed by atoms with Crippen molar-refractivity contribution in [1.82, 2.24) is 5.32 Å². The van der Waals surface area contributed by atoms with Gasteiger partial charge in [0.1, 0.15) is 6.10 Å². The highest BCUT2D eigenvalue weighted by molar-refractivity contribution is 5.67. The number of esters is 2. The van der Waals surface area contributed by atoms with Gasteiger partial charge in [0.05, 0.1) is 0 Å². The topological polar surface area (TPSA) is 64.6 Å². The van der Waals surface area contributed by atoms with Crippen LogP contribution >= 0.6 is 0 Å². The van der Waals surface area contributed by atoms with Gasteiger partial charge in [-0.15, -0.1) is 0 Å². The number of piperidine rings is 1. The smallest absolute Gasteiger partial charge is 0.303 e. The highest BCUT2D eigenvalue weighted by atomic mass is 16.6. The quantitative estimate of drug-likeness (QED) is 0.668. The van der Waals surface area contributed by atoms with Gasteiger partial charge in [0, 0.05) is 26.3 Å². The standard InChI is InChI=1S/C10H17NO4/c1-6-10(15-8(3)13)9(4-5-11-6)14-7(2)12/h6,9-11H,4-5H2,1-3H3/t6-,9+,10-/m1/s1. The summed E-state index contributed by atoms with van der Waals surface area (Å²) in [7, 11) is 0. The maximum atomic E-state index is 10.9. The van der Waals surface area contributed by atoms with Crippen LogP contribution in [0.15, 0.2) is 0 Å². The molecule has 0 unspecified atom stereocenters. The van der Waals surface area contributed by atoms with Crippen LogP contribution in [0.5, 0.6) is 0 Å². The van der Waals surface area contributed by atoms with Crippen LogP contribution in [-0.2, 0) is 19.1 Å². The summed E-state index contributed by atoms with van der Waals surface area (Å²) in [5.41, 5.74) is 0. The highest BCUT2D eigenvalue weighted by Gasteiger charge is 2.35. The lowest BCUT2D eigenvalue weighted by atomic mass is 9.99. The van der Waals surface area contributed by atoms with E-state index in [2.05, 4.69) is 5.32 Å². The van der Waals surface area contributed by atoms with Crippen molar-refractivity contribution in [3.63, 3.8) is 0 Å². The zero-order valence-electron chi connectivity index (χ0n) is 9.28. The molecule has 0 aliphatic carbocycles. The van der Waals surface area contributed by atoms with Crippen molar-refractivity contribution >= 4 is 11.9 Å². The number of hydrogen-bond acceptors (Lipinski definition) is 5.